The molecule has 0 saturated heterocycles. The van der Waals surface area contributed by atoms with Crippen LogP contribution in [0.25, 0.3) is 0 Å². The molecule has 1 aromatic carbocycles. The smallest absolute Gasteiger partial charge is 0.308 e. The average molecular weight is 352 g/mol. The molecule has 24 heavy (non-hydrogen) atoms. The Kier molecular flexibility index (Phi) is 8.61. The fourth-order valence-corrected chi connectivity index (χ4v) is 5.46. The van der Waals surface area contributed by atoms with E-state index in [0.717, 1.165) is 5.56 Å². The molecule has 5 heteroatoms. The van der Waals surface area contributed by atoms with Gasteiger partial charge in [-0.25, -0.2) is 0 Å². The molecular formula is C19H29O4P. The van der Waals surface area contributed by atoms with Gasteiger partial charge in [0.2, 0.25) is 0 Å². The molecule has 1 rings (SSSR count). The highest BCUT2D eigenvalue weighted by molar-refractivity contribution is 7.56. The van der Waals surface area contributed by atoms with Crippen LogP contribution in [0.3, 0.4) is 0 Å². The van der Waals surface area contributed by atoms with E-state index >= 15 is 0 Å². The first-order valence-electron chi connectivity index (χ1n) is 8.57. The van der Waals surface area contributed by atoms with Crippen molar-refractivity contribution < 1.29 is 18.4 Å². The van der Waals surface area contributed by atoms with Gasteiger partial charge in [0.15, 0.2) is 5.78 Å². The van der Waals surface area contributed by atoms with Crippen molar-refractivity contribution in [2.45, 2.75) is 51.6 Å². The fourth-order valence-electron chi connectivity index (χ4n) is 2.98. The van der Waals surface area contributed by atoms with Crippen molar-refractivity contribution in [1.82, 2.24) is 0 Å². The lowest BCUT2D eigenvalue weighted by atomic mass is 9.90. The van der Waals surface area contributed by atoms with Crippen LogP contribution in [0, 0.1) is 0 Å². The van der Waals surface area contributed by atoms with Gasteiger partial charge in [-0.1, -0.05) is 49.8 Å². The van der Waals surface area contributed by atoms with Crippen molar-refractivity contribution >= 4 is 13.4 Å². The second-order valence-electron chi connectivity index (χ2n) is 5.69. The van der Waals surface area contributed by atoms with Crippen molar-refractivity contribution in [3.63, 3.8) is 0 Å². The second-order valence-corrected chi connectivity index (χ2v) is 8.06. The Morgan fingerprint density at radius 3 is 2.21 bits per heavy atom. The Hall–Kier alpha value is -1.22. The lowest BCUT2D eigenvalue weighted by molar-refractivity contribution is -0.121. The summed E-state index contributed by atoms with van der Waals surface area (Å²) in [6.07, 6.45) is 3.28. The van der Waals surface area contributed by atoms with E-state index in [9.17, 15) is 9.36 Å². The monoisotopic (exact) mass is 352 g/mol. The average Bonchev–Trinajstić information content (AvgIpc) is 2.55. The summed E-state index contributed by atoms with van der Waals surface area (Å²) in [7, 11) is -3.61. The van der Waals surface area contributed by atoms with E-state index in [4.69, 9.17) is 9.05 Å². The van der Waals surface area contributed by atoms with Crippen LogP contribution in [-0.4, -0.2) is 24.2 Å². The first-order valence-corrected chi connectivity index (χ1v) is 10.1. The first-order chi connectivity index (χ1) is 11.5. The van der Waals surface area contributed by atoms with Crippen LogP contribution < -0.4 is 0 Å². The van der Waals surface area contributed by atoms with E-state index in [-0.39, 0.29) is 31.8 Å². The summed E-state index contributed by atoms with van der Waals surface area (Å²) in [6, 6.07) is 9.48. The van der Waals surface area contributed by atoms with Crippen LogP contribution >= 0.6 is 7.60 Å². The molecule has 0 aliphatic rings. The summed E-state index contributed by atoms with van der Waals surface area (Å²) in [5.74, 6) is -0.110. The highest BCUT2D eigenvalue weighted by Gasteiger charge is 2.54. The van der Waals surface area contributed by atoms with Crippen LogP contribution in [-0.2, 0) is 24.8 Å². The normalized spacial score (nSPS) is 14.1. The predicted octanol–water partition coefficient (Wildman–Crippen LogP) is 5.18. The van der Waals surface area contributed by atoms with E-state index in [1.807, 2.05) is 37.3 Å². The maximum absolute atomic E-state index is 13.5. The molecule has 1 unspecified atom stereocenters. The molecule has 0 radical (unpaired) electrons. The third kappa shape index (κ3) is 4.66. The summed E-state index contributed by atoms with van der Waals surface area (Å²) in [4.78, 5) is 13.2. The number of hydrogen-bond acceptors (Lipinski definition) is 4. The quantitative estimate of drug-likeness (QED) is 0.384. The highest BCUT2D eigenvalue weighted by Crippen LogP contribution is 2.64. The van der Waals surface area contributed by atoms with Gasteiger partial charge in [-0.3, -0.25) is 9.36 Å². The molecule has 0 N–H and O–H groups in total. The molecule has 0 aromatic heterocycles. The largest absolute Gasteiger partial charge is 0.344 e. The zero-order valence-electron chi connectivity index (χ0n) is 15.0. The number of benzene rings is 1. The maximum Gasteiger partial charge on any atom is 0.344 e. The second kappa shape index (κ2) is 9.93. The minimum Gasteiger partial charge on any atom is -0.308 e. The summed E-state index contributed by atoms with van der Waals surface area (Å²) in [6.45, 7) is 9.73. The van der Waals surface area contributed by atoms with Crippen molar-refractivity contribution in [2.75, 3.05) is 13.2 Å². The van der Waals surface area contributed by atoms with Gasteiger partial charge in [0.1, 0.15) is 5.16 Å². The van der Waals surface area contributed by atoms with E-state index in [2.05, 4.69) is 6.58 Å². The van der Waals surface area contributed by atoms with Crippen molar-refractivity contribution in [3.05, 3.63) is 48.6 Å². The lowest BCUT2D eigenvalue weighted by Crippen LogP contribution is -2.40. The third-order valence-electron chi connectivity index (χ3n) is 3.99. The molecule has 0 bridgehead atoms. The number of carbonyl (C=O) groups is 1. The molecule has 0 saturated carbocycles. The number of ketones is 1. The van der Waals surface area contributed by atoms with Gasteiger partial charge in [0.05, 0.1) is 13.2 Å². The molecule has 0 aliphatic heterocycles. The summed E-state index contributed by atoms with van der Waals surface area (Å²) >= 11 is 0. The van der Waals surface area contributed by atoms with Crippen LogP contribution in [0.1, 0.15) is 45.6 Å². The Bertz CT molecular complexity index is 560. The Morgan fingerprint density at radius 1 is 1.17 bits per heavy atom. The fraction of sp³-hybridized carbons (Fsp3) is 0.526. The summed E-state index contributed by atoms with van der Waals surface area (Å²) in [5, 5.41) is -1.18. The summed E-state index contributed by atoms with van der Waals surface area (Å²) < 4.78 is 24.7. The minimum absolute atomic E-state index is 0.110. The maximum atomic E-state index is 13.5. The Morgan fingerprint density at radius 2 is 1.75 bits per heavy atom. The van der Waals surface area contributed by atoms with Gasteiger partial charge in [-0.15, -0.1) is 6.58 Å². The standard InChI is InChI=1S/C19H29O4P/c1-5-14-19(15-6-2,24(21,22-7-3)23-8-4)18(20)16-17-12-10-9-11-13-17/h5,9-13H,1,6-8,14-16H2,2-4H3. The number of Topliss-reactive ketones (excluding diaryl/α,β-unsaturated/α-hetero) is 1. The topological polar surface area (TPSA) is 52.6 Å². The number of rotatable bonds is 12. The van der Waals surface area contributed by atoms with Crippen LogP contribution in [0.2, 0.25) is 0 Å². The summed E-state index contributed by atoms with van der Waals surface area (Å²) in [5.41, 5.74) is 0.895. The van der Waals surface area contributed by atoms with E-state index in [0.29, 0.717) is 12.8 Å². The Labute approximate surface area is 145 Å². The molecular weight excluding hydrogens is 323 g/mol. The molecule has 1 atom stereocenters. The third-order valence-corrected chi connectivity index (χ3v) is 6.89. The van der Waals surface area contributed by atoms with E-state index in [1.165, 1.54) is 0 Å². The van der Waals surface area contributed by atoms with Gasteiger partial charge < -0.3 is 9.05 Å². The Balaban J connectivity index is 3.32. The molecule has 0 aliphatic carbocycles. The molecule has 0 fully saturated rings. The molecule has 0 heterocycles. The molecule has 0 amide bonds. The van der Waals surface area contributed by atoms with Gasteiger partial charge in [0.25, 0.3) is 0 Å². The van der Waals surface area contributed by atoms with Gasteiger partial charge >= 0.3 is 7.60 Å². The number of allylic oxidation sites excluding steroid dienone is 1. The molecule has 134 valence electrons. The zero-order chi connectivity index (χ0) is 18.1. The van der Waals surface area contributed by atoms with Crippen molar-refractivity contribution in [3.8, 4) is 0 Å². The number of hydrogen-bond donors (Lipinski definition) is 0. The van der Waals surface area contributed by atoms with Gasteiger partial charge in [-0.2, -0.15) is 0 Å². The van der Waals surface area contributed by atoms with E-state index < -0.39 is 12.8 Å². The zero-order valence-corrected chi connectivity index (χ0v) is 15.9. The van der Waals surface area contributed by atoms with E-state index in [1.54, 1.807) is 19.9 Å². The lowest BCUT2D eigenvalue weighted by Gasteiger charge is -2.37. The molecule has 4 nitrogen and oxygen atoms in total. The predicted molar refractivity (Wildman–Crippen MR) is 98.5 cm³/mol. The van der Waals surface area contributed by atoms with Gasteiger partial charge in [-0.05, 0) is 32.3 Å². The van der Waals surface area contributed by atoms with Crippen LogP contribution in [0.15, 0.2) is 43.0 Å². The number of carbonyl (C=O) groups excluding carboxylic acids is 1. The van der Waals surface area contributed by atoms with Gasteiger partial charge in [0, 0.05) is 6.42 Å². The van der Waals surface area contributed by atoms with Crippen LogP contribution in [0.4, 0.5) is 0 Å². The molecule has 1 aromatic rings. The SMILES string of the molecule is C=CCC(CCC)(C(=O)Cc1ccccc1)P(=O)(OCC)OCC. The van der Waals surface area contributed by atoms with Crippen molar-refractivity contribution in [2.24, 2.45) is 0 Å². The minimum atomic E-state index is -3.61. The highest BCUT2D eigenvalue weighted by atomic mass is 31.2. The van der Waals surface area contributed by atoms with Crippen molar-refractivity contribution in [1.29, 1.82) is 0 Å². The van der Waals surface area contributed by atoms with Crippen LogP contribution in [0.5, 0.6) is 0 Å². The first kappa shape index (κ1) is 20.8. The molecule has 0 spiro atoms.